The summed E-state index contributed by atoms with van der Waals surface area (Å²) >= 11 is 0. The second-order valence-corrected chi connectivity index (χ2v) is 13.9. The van der Waals surface area contributed by atoms with Crippen LogP contribution in [-0.2, 0) is 5.41 Å². The van der Waals surface area contributed by atoms with E-state index in [-0.39, 0.29) is 0 Å². The first-order valence-electron chi connectivity index (χ1n) is 18.0. The number of rotatable bonds is 4. The van der Waals surface area contributed by atoms with Crippen molar-refractivity contribution >= 4 is 43.5 Å². The van der Waals surface area contributed by atoms with Crippen LogP contribution in [0.3, 0.4) is 0 Å². The van der Waals surface area contributed by atoms with Crippen LogP contribution in [0.25, 0.3) is 76.9 Å². The first kappa shape index (κ1) is 29.1. The van der Waals surface area contributed by atoms with Gasteiger partial charge in [0.05, 0.1) is 5.41 Å². The van der Waals surface area contributed by atoms with Crippen LogP contribution >= 0.6 is 0 Å². The highest BCUT2D eigenvalue weighted by atomic mass is 16.3. The zero-order valence-corrected chi connectivity index (χ0v) is 28.4. The van der Waals surface area contributed by atoms with Crippen LogP contribution in [-0.4, -0.2) is 0 Å². The maximum absolute atomic E-state index is 6.61. The second-order valence-electron chi connectivity index (χ2n) is 13.9. The number of hydrogen-bond donors (Lipinski definition) is 0. The fourth-order valence-corrected chi connectivity index (χ4v) is 9.19. The Balaban J connectivity index is 1.26. The van der Waals surface area contributed by atoms with E-state index in [1.807, 2.05) is 0 Å². The Morgan fingerprint density at radius 3 is 1.81 bits per heavy atom. The summed E-state index contributed by atoms with van der Waals surface area (Å²) in [5, 5.41) is 7.09. The Morgan fingerprint density at radius 1 is 0.365 bits per heavy atom. The van der Waals surface area contributed by atoms with Crippen LogP contribution in [0.4, 0.5) is 0 Å². The molecule has 0 radical (unpaired) electrons. The van der Waals surface area contributed by atoms with Crippen molar-refractivity contribution in [2.24, 2.45) is 0 Å². The van der Waals surface area contributed by atoms with Gasteiger partial charge in [-0.3, -0.25) is 0 Å². The smallest absolute Gasteiger partial charge is 0.143 e. The van der Waals surface area contributed by atoms with Crippen LogP contribution in [0.1, 0.15) is 22.3 Å². The van der Waals surface area contributed by atoms with Gasteiger partial charge in [0, 0.05) is 16.2 Å². The fourth-order valence-electron chi connectivity index (χ4n) is 9.19. The van der Waals surface area contributed by atoms with Crippen molar-refractivity contribution < 1.29 is 4.42 Å². The lowest BCUT2D eigenvalue weighted by Crippen LogP contribution is -2.28. The molecule has 0 saturated heterocycles. The molecule has 0 spiro atoms. The van der Waals surface area contributed by atoms with Crippen molar-refractivity contribution in [1.82, 2.24) is 0 Å². The first-order valence-corrected chi connectivity index (χ1v) is 18.0. The molecule has 0 atom stereocenters. The molecule has 9 aromatic carbocycles. The minimum absolute atomic E-state index is 0.496. The fraction of sp³-hybridized carbons (Fsp3) is 0.0196. The molecule has 1 nitrogen and oxygen atoms in total. The van der Waals surface area contributed by atoms with Crippen LogP contribution in [0.15, 0.2) is 199 Å². The molecule has 1 aliphatic rings. The normalized spacial score (nSPS) is 13.2. The first-order chi connectivity index (χ1) is 25.8. The van der Waals surface area contributed by atoms with E-state index in [4.69, 9.17) is 4.42 Å². The Morgan fingerprint density at radius 2 is 1.02 bits per heavy atom. The second kappa shape index (κ2) is 11.2. The third-order valence-electron chi connectivity index (χ3n) is 11.3. The third kappa shape index (κ3) is 3.99. The van der Waals surface area contributed by atoms with Crippen molar-refractivity contribution in [3.8, 4) is 33.4 Å². The van der Waals surface area contributed by atoms with E-state index in [9.17, 15) is 0 Å². The molecule has 1 heterocycles. The van der Waals surface area contributed by atoms with E-state index in [2.05, 4.69) is 194 Å². The number of hydrogen-bond acceptors (Lipinski definition) is 1. The molecule has 0 fully saturated rings. The monoisotopic (exact) mass is 660 g/mol. The lowest BCUT2D eigenvalue weighted by Gasteiger charge is -2.34. The van der Waals surface area contributed by atoms with Crippen molar-refractivity contribution in [2.75, 3.05) is 0 Å². The maximum atomic E-state index is 6.61. The Kier molecular flexibility index (Phi) is 6.23. The standard InChI is InChI=1S/C51H32O/c1-4-16-34(17-5-1)47-40-29-28-35(39-24-14-26-46-48(39)43-30-27-33-15-10-11-22-41(33)50(43)52-46)31-36(40)32-45-49(47)42-23-12-13-25-44(42)51(45,37-18-6-2-7-19-37)38-20-8-3-9-21-38/h1-32H. The zero-order valence-electron chi connectivity index (χ0n) is 28.4. The van der Waals surface area contributed by atoms with Gasteiger partial charge in [0.25, 0.3) is 0 Å². The lowest BCUT2D eigenvalue weighted by atomic mass is 9.67. The van der Waals surface area contributed by atoms with Gasteiger partial charge in [0.2, 0.25) is 0 Å². The summed E-state index contributed by atoms with van der Waals surface area (Å²) in [6, 6.07) is 71.1. The molecule has 0 N–H and O–H groups in total. The number of benzene rings is 9. The lowest BCUT2D eigenvalue weighted by molar-refractivity contribution is 0.673. The SMILES string of the molecule is c1ccc(-c2c3c(cc4cc(-c5cccc6oc7c8ccccc8ccc7c56)ccc24)C(c2ccccc2)(c2ccccc2)c2ccccc2-3)cc1. The van der Waals surface area contributed by atoms with E-state index in [1.54, 1.807) is 0 Å². The van der Waals surface area contributed by atoms with Crippen LogP contribution < -0.4 is 0 Å². The summed E-state index contributed by atoms with van der Waals surface area (Å²) in [5.41, 5.74) is 14.0. The Bertz CT molecular complexity index is 2950. The highest BCUT2D eigenvalue weighted by Gasteiger charge is 2.47. The molecule has 1 aromatic heterocycles. The summed E-state index contributed by atoms with van der Waals surface area (Å²) in [5.74, 6) is 0. The van der Waals surface area contributed by atoms with Gasteiger partial charge < -0.3 is 4.42 Å². The van der Waals surface area contributed by atoms with Crippen LogP contribution in [0.2, 0.25) is 0 Å². The van der Waals surface area contributed by atoms with Gasteiger partial charge in [0.1, 0.15) is 11.2 Å². The zero-order chi connectivity index (χ0) is 34.2. The molecular formula is C51H32O. The summed E-state index contributed by atoms with van der Waals surface area (Å²) in [4.78, 5) is 0. The van der Waals surface area contributed by atoms with E-state index in [1.165, 1.54) is 71.8 Å². The highest BCUT2D eigenvalue weighted by molar-refractivity contribution is 6.19. The Labute approximate surface area is 302 Å². The van der Waals surface area contributed by atoms with Gasteiger partial charge in [0.15, 0.2) is 0 Å². The molecule has 0 aliphatic heterocycles. The maximum Gasteiger partial charge on any atom is 0.143 e. The van der Waals surface area contributed by atoms with Crippen molar-refractivity contribution in [3.05, 3.63) is 216 Å². The van der Waals surface area contributed by atoms with Gasteiger partial charge in [-0.1, -0.05) is 170 Å². The van der Waals surface area contributed by atoms with Gasteiger partial charge in [-0.15, -0.1) is 0 Å². The van der Waals surface area contributed by atoms with E-state index >= 15 is 0 Å². The summed E-state index contributed by atoms with van der Waals surface area (Å²) < 4.78 is 6.61. The average Bonchev–Trinajstić information content (AvgIpc) is 3.75. The minimum Gasteiger partial charge on any atom is -0.455 e. The molecule has 1 aliphatic carbocycles. The average molecular weight is 661 g/mol. The highest BCUT2D eigenvalue weighted by Crippen LogP contribution is 2.59. The van der Waals surface area contributed by atoms with E-state index in [0.717, 1.165) is 27.3 Å². The number of fused-ring (bicyclic) bond motifs is 9. The quantitative estimate of drug-likeness (QED) is 0.183. The van der Waals surface area contributed by atoms with Crippen LogP contribution in [0.5, 0.6) is 0 Å². The van der Waals surface area contributed by atoms with E-state index < -0.39 is 5.41 Å². The van der Waals surface area contributed by atoms with Gasteiger partial charge in [-0.25, -0.2) is 0 Å². The minimum atomic E-state index is -0.496. The van der Waals surface area contributed by atoms with Crippen molar-refractivity contribution in [3.63, 3.8) is 0 Å². The summed E-state index contributed by atoms with van der Waals surface area (Å²) in [6.07, 6.45) is 0. The number of furan rings is 1. The molecule has 242 valence electrons. The Hall–Kier alpha value is -6.70. The van der Waals surface area contributed by atoms with Gasteiger partial charge in [-0.05, 0) is 96.1 Å². The van der Waals surface area contributed by atoms with Crippen molar-refractivity contribution in [2.45, 2.75) is 5.41 Å². The van der Waals surface area contributed by atoms with Gasteiger partial charge in [-0.2, -0.15) is 0 Å². The molecule has 10 aromatic rings. The summed E-state index contributed by atoms with van der Waals surface area (Å²) in [6.45, 7) is 0. The molecule has 52 heavy (non-hydrogen) atoms. The molecule has 0 unspecified atom stereocenters. The molecule has 1 heteroatoms. The third-order valence-corrected chi connectivity index (χ3v) is 11.3. The summed E-state index contributed by atoms with van der Waals surface area (Å²) in [7, 11) is 0. The van der Waals surface area contributed by atoms with Crippen molar-refractivity contribution in [1.29, 1.82) is 0 Å². The van der Waals surface area contributed by atoms with Crippen LogP contribution in [0, 0.1) is 0 Å². The van der Waals surface area contributed by atoms with Gasteiger partial charge >= 0.3 is 0 Å². The molecule has 0 bridgehead atoms. The molecule has 0 amide bonds. The molecule has 0 saturated carbocycles. The molecule has 11 rings (SSSR count). The predicted octanol–water partition coefficient (Wildman–Crippen LogP) is 13.6. The predicted molar refractivity (Wildman–Crippen MR) is 217 cm³/mol. The molecular weight excluding hydrogens is 629 g/mol. The topological polar surface area (TPSA) is 13.1 Å². The van der Waals surface area contributed by atoms with E-state index in [0.29, 0.717) is 0 Å². The largest absolute Gasteiger partial charge is 0.455 e.